The van der Waals surface area contributed by atoms with E-state index in [0.717, 1.165) is 24.8 Å². The van der Waals surface area contributed by atoms with Crippen LogP contribution in [-0.2, 0) is 10.2 Å². The van der Waals surface area contributed by atoms with Crippen LogP contribution in [0.1, 0.15) is 45.1 Å². The Bertz CT molecular complexity index is 614. The highest BCUT2D eigenvalue weighted by Gasteiger charge is 2.28. The molecule has 0 aliphatic heterocycles. The van der Waals surface area contributed by atoms with Crippen molar-refractivity contribution >= 4 is 5.78 Å². The molecule has 2 nitrogen and oxygen atoms in total. The van der Waals surface area contributed by atoms with Crippen molar-refractivity contribution in [3.63, 3.8) is 0 Å². The number of benzene rings is 2. The van der Waals surface area contributed by atoms with Gasteiger partial charge in [0.1, 0.15) is 5.78 Å². The van der Waals surface area contributed by atoms with Crippen LogP contribution in [0.5, 0.6) is 0 Å². The van der Waals surface area contributed by atoms with E-state index in [0.29, 0.717) is 18.7 Å². The van der Waals surface area contributed by atoms with E-state index in [1.54, 1.807) is 0 Å². The first-order valence-electron chi connectivity index (χ1n) is 8.45. The Hall–Kier alpha value is -1.93. The van der Waals surface area contributed by atoms with Gasteiger partial charge in [0.2, 0.25) is 0 Å². The van der Waals surface area contributed by atoms with E-state index >= 15 is 0 Å². The van der Waals surface area contributed by atoms with E-state index in [1.165, 1.54) is 11.1 Å². The SMILES string of the molecule is CC(C)(C(=O)CCCCCN)c1ccc(-c2ccccc2)cc1. The summed E-state index contributed by atoms with van der Waals surface area (Å²) in [6.07, 6.45) is 3.60. The van der Waals surface area contributed by atoms with E-state index in [9.17, 15) is 4.79 Å². The summed E-state index contributed by atoms with van der Waals surface area (Å²) in [5, 5.41) is 0. The first kappa shape index (κ1) is 17.4. The monoisotopic (exact) mass is 309 g/mol. The van der Waals surface area contributed by atoms with E-state index in [-0.39, 0.29) is 0 Å². The van der Waals surface area contributed by atoms with Crippen molar-refractivity contribution in [1.29, 1.82) is 0 Å². The number of rotatable bonds is 8. The van der Waals surface area contributed by atoms with Gasteiger partial charge in [0.15, 0.2) is 0 Å². The van der Waals surface area contributed by atoms with Gasteiger partial charge in [0.05, 0.1) is 0 Å². The summed E-state index contributed by atoms with van der Waals surface area (Å²) in [6.45, 7) is 4.75. The Morgan fingerprint density at radius 1 is 0.870 bits per heavy atom. The molecule has 23 heavy (non-hydrogen) atoms. The third-order valence-electron chi connectivity index (χ3n) is 4.52. The minimum absolute atomic E-state index is 0.307. The highest BCUT2D eigenvalue weighted by molar-refractivity contribution is 5.89. The summed E-state index contributed by atoms with van der Waals surface area (Å²) in [4.78, 5) is 12.6. The summed E-state index contributed by atoms with van der Waals surface area (Å²) in [5.41, 5.74) is 8.53. The molecule has 2 aromatic carbocycles. The predicted octanol–water partition coefficient (Wildman–Crippen LogP) is 4.72. The van der Waals surface area contributed by atoms with E-state index in [2.05, 4.69) is 36.4 Å². The fourth-order valence-electron chi connectivity index (χ4n) is 2.79. The molecule has 122 valence electrons. The van der Waals surface area contributed by atoms with Gasteiger partial charge in [-0.15, -0.1) is 0 Å². The molecule has 2 aromatic rings. The minimum Gasteiger partial charge on any atom is -0.330 e. The Labute approximate surface area is 139 Å². The third-order valence-corrected chi connectivity index (χ3v) is 4.52. The fourth-order valence-corrected chi connectivity index (χ4v) is 2.79. The quantitative estimate of drug-likeness (QED) is 0.717. The lowest BCUT2D eigenvalue weighted by atomic mass is 9.78. The van der Waals surface area contributed by atoms with Crippen LogP contribution in [0.3, 0.4) is 0 Å². The number of hydrogen-bond acceptors (Lipinski definition) is 2. The van der Waals surface area contributed by atoms with Crippen LogP contribution < -0.4 is 5.73 Å². The predicted molar refractivity (Wildman–Crippen MR) is 97.4 cm³/mol. The Balaban J connectivity index is 2.06. The van der Waals surface area contributed by atoms with E-state index in [4.69, 9.17) is 5.73 Å². The maximum Gasteiger partial charge on any atom is 0.142 e. The number of unbranched alkanes of at least 4 members (excludes halogenated alkanes) is 2. The van der Waals surface area contributed by atoms with Crippen molar-refractivity contribution in [1.82, 2.24) is 0 Å². The molecule has 2 rings (SSSR count). The molecule has 2 heteroatoms. The van der Waals surface area contributed by atoms with Crippen molar-refractivity contribution < 1.29 is 4.79 Å². The number of nitrogens with two attached hydrogens (primary N) is 1. The van der Waals surface area contributed by atoms with Crippen LogP contribution in [0.25, 0.3) is 11.1 Å². The molecule has 0 saturated heterocycles. The zero-order chi connectivity index (χ0) is 16.7. The molecule has 0 saturated carbocycles. The molecule has 0 bridgehead atoms. The molecule has 0 aliphatic carbocycles. The molecule has 0 fully saturated rings. The first-order chi connectivity index (χ1) is 11.1. The van der Waals surface area contributed by atoms with Gasteiger partial charge in [-0.3, -0.25) is 4.79 Å². The highest BCUT2D eigenvalue weighted by atomic mass is 16.1. The second kappa shape index (κ2) is 8.07. The van der Waals surface area contributed by atoms with Crippen LogP contribution >= 0.6 is 0 Å². The lowest BCUT2D eigenvalue weighted by Crippen LogP contribution is -2.28. The van der Waals surface area contributed by atoms with Crippen molar-refractivity contribution in [2.75, 3.05) is 6.54 Å². The van der Waals surface area contributed by atoms with Gasteiger partial charge in [0.25, 0.3) is 0 Å². The average Bonchev–Trinajstić information content (AvgIpc) is 2.59. The molecule has 0 heterocycles. The molecular formula is C21H27NO. The summed E-state index contributed by atoms with van der Waals surface area (Å²) < 4.78 is 0. The number of Topliss-reactive ketones (excluding diaryl/α,β-unsaturated/α-hetero) is 1. The Kier molecular flexibility index (Phi) is 6.12. The number of carbonyl (C=O) groups is 1. The fraction of sp³-hybridized carbons (Fsp3) is 0.381. The van der Waals surface area contributed by atoms with Crippen LogP contribution in [-0.4, -0.2) is 12.3 Å². The van der Waals surface area contributed by atoms with Crippen molar-refractivity contribution in [3.8, 4) is 11.1 Å². The molecule has 0 spiro atoms. The standard InChI is InChI=1S/C21H27NO/c1-21(2,20(23)11-7-4-8-16-22)19-14-12-18(13-15-19)17-9-5-3-6-10-17/h3,5-6,9-10,12-15H,4,7-8,11,16,22H2,1-2H3. The second-order valence-corrected chi connectivity index (χ2v) is 6.59. The van der Waals surface area contributed by atoms with E-state index < -0.39 is 5.41 Å². The van der Waals surface area contributed by atoms with Gasteiger partial charge < -0.3 is 5.73 Å². The zero-order valence-electron chi connectivity index (χ0n) is 14.2. The molecule has 2 N–H and O–H groups in total. The van der Waals surface area contributed by atoms with Crippen molar-refractivity contribution in [2.45, 2.75) is 44.9 Å². The van der Waals surface area contributed by atoms with Gasteiger partial charge in [-0.05, 0) is 49.9 Å². The summed E-state index contributed by atoms with van der Waals surface area (Å²) in [5.74, 6) is 0.307. The topological polar surface area (TPSA) is 43.1 Å². The normalized spacial score (nSPS) is 11.4. The van der Waals surface area contributed by atoms with Crippen LogP contribution in [0.4, 0.5) is 0 Å². The number of ketones is 1. The molecule has 0 aromatic heterocycles. The summed E-state index contributed by atoms with van der Waals surface area (Å²) >= 11 is 0. The van der Waals surface area contributed by atoms with Crippen LogP contribution in [0.2, 0.25) is 0 Å². The molecule has 0 atom stereocenters. The van der Waals surface area contributed by atoms with Crippen LogP contribution in [0, 0.1) is 0 Å². The second-order valence-electron chi connectivity index (χ2n) is 6.59. The Morgan fingerprint density at radius 2 is 1.48 bits per heavy atom. The molecule has 0 unspecified atom stereocenters. The lowest BCUT2D eigenvalue weighted by molar-refractivity contribution is -0.123. The number of carbonyl (C=O) groups excluding carboxylic acids is 1. The van der Waals surface area contributed by atoms with Crippen LogP contribution in [0.15, 0.2) is 54.6 Å². The maximum absolute atomic E-state index is 12.6. The number of hydrogen-bond donors (Lipinski definition) is 1. The smallest absolute Gasteiger partial charge is 0.142 e. The van der Waals surface area contributed by atoms with Gasteiger partial charge >= 0.3 is 0 Å². The third kappa shape index (κ3) is 4.52. The minimum atomic E-state index is -0.433. The molecular weight excluding hydrogens is 282 g/mol. The van der Waals surface area contributed by atoms with Gasteiger partial charge in [-0.25, -0.2) is 0 Å². The van der Waals surface area contributed by atoms with Crippen molar-refractivity contribution in [2.24, 2.45) is 5.73 Å². The molecule has 0 radical (unpaired) electrons. The molecule has 0 aliphatic rings. The first-order valence-corrected chi connectivity index (χ1v) is 8.45. The lowest BCUT2D eigenvalue weighted by Gasteiger charge is -2.24. The Morgan fingerprint density at radius 3 is 2.09 bits per heavy atom. The van der Waals surface area contributed by atoms with Gasteiger partial charge in [-0.2, -0.15) is 0 Å². The average molecular weight is 309 g/mol. The highest BCUT2D eigenvalue weighted by Crippen LogP contribution is 2.29. The van der Waals surface area contributed by atoms with Gasteiger partial charge in [0, 0.05) is 11.8 Å². The van der Waals surface area contributed by atoms with Gasteiger partial charge in [-0.1, -0.05) is 61.0 Å². The largest absolute Gasteiger partial charge is 0.330 e. The van der Waals surface area contributed by atoms with E-state index in [1.807, 2.05) is 32.0 Å². The summed E-state index contributed by atoms with van der Waals surface area (Å²) in [6, 6.07) is 18.7. The maximum atomic E-state index is 12.6. The van der Waals surface area contributed by atoms with Crippen molar-refractivity contribution in [3.05, 3.63) is 60.2 Å². The summed E-state index contributed by atoms with van der Waals surface area (Å²) in [7, 11) is 0. The molecule has 0 amide bonds. The zero-order valence-corrected chi connectivity index (χ0v) is 14.2.